The number of hydrogen-bond donors (Lipinski definition) is 0. The summed E-state index contributed by atoms with van der Waals surface area (Å²) in [5.41, 5.74) is 0.843. The minimum atomic E-state index is -0.423. The molecule has 1 aromatic carbocycles. The minimum absolute atomic E-state index is 0.377. The summed E-state index contributed by atoms with van der Waals surface area (Å²) in [7, 11) is 1.31. The van der Waals surface area contributed by atoms with E-state index in [2.05, 4.69) is 4.74 Å². The third-order valence-corrected chi connectivity index (χ3v) is 1.98. The molecule has 0 aliphatic rings. The van der Waals surface area contributed by atoms with Gasteiger partial charge in [0, 0.05) is 0 Å². The molecule has 0 unspecified atom stereocenters. The maximum atomic E-state index is 11.4. The van der Waals surface area contributed by atoms with Crippen LogP contribution in [0.2, 0.25) is 0 Å². The van der Waals surface area contributed by atoms with E-state index in [0.717, 1.165) is 6.42 Å². The smallest absolute Gasteiger partial charge is 0.338 e. The van der Waals surface area contributed by atoms with Crippen LogP contribution in [0.4, 0.5) is 0 Å². The molecule has 0 amide bonds. The fourth-order valence-corrected chi connectivity index (χ4v) is 1.14. The molecule has 0 radical (unpaired) electrons. The van der Waals surface area contributed by atoms with Crippen LogP contribution in [0.5, 0.6) is 0 Å². The predicted octanol–water partition coefficient (Wildman–Crippen LogP) is 2.04. The molecular weight excluding hydrogens is 208 g/mol. The number of esters is 2. The lowest BCUT2D eigenvalue weighted by Crippen LogP contribution is -2.07. The average Bonchev–Trinajstić information content (AvgIpc) is 2.35. The van der Waals surface area contributed by atoms with Crippen LogP contribution in [0, 0.1) is 0 Å². The Labute approximate surface area is 94.2 Å². The number of ether oxygens (including phenoxy) is 2. The van der Waals surface area contributed by atoms with Crippen molar-refractivity contribution in [1.82, 2.24) is 0 Å². The van der Waals surface area contributed by atoms with Crippen molar-refractivity contribution in [2.24, 2.45) is 0 Å². The lowest BCUT2D eigenvalue weighted by atomic mass is 10.1. The molecular formula is C12H14O4. The summed E-state index contributed by atoms with van der Waals surface area (Å²) < 4.78 is 9.50. The number of hydrogen-bond acceptors (Lipinski definition) is 4. The van der Waals surface area contributed by atoms with E-state index in [9.17, 15) is 9.59 Å². The van der Waals surface area contributed by atoms with Gasteiger partial charge in [0.15, 0.2) is 0 Å². The van der Waals surface area contributed by atoms with Gasteiger partial charge in [-0.1, -0.05) is 6.92 Å². The SMILES string of the molecule is CCCOC(=O)c1ccc(C(=O)OC)cc1. The van der Waals surface area contributed by atoms with Gasteiger partial charge in [0.2, 0.25) is 0 Å². The van der Waals surface area contributed by atoms with Gasteiger partial charge < -0.3 is 9.47 Å². The van der Waals surface area contributed by atoms with Crippen molar-refractivity contribution in [1.29, 1.82) is 0 Å². The Morgan fingerprint density at radius 2 is 1.56 bits per heavy atom. The van der Waals surface area contributed by atoms with Crippen LogP contribution in [-0.2, 0) is 9.47 Å². The maximum absolute atomic E-state index is 11.4. The van der Waals surface area contributed by atoms with Crippen molar-refractivity contribution in [3.8, 4) is 0 Å². The standard InChI is InChI=1S/C12H14O4/c1-3-8-16-12(14)10-6-4-9(5-7-10)11(13)15-2/h4-7H,3,8H2,1-2H3. The Hall–Kier alpha value is -1.84. The van der Waals surface area contributed by atoms with Gasteiger partial charge in [0.05, 0.1) is 24.8 Å². The Morgan fingerprint density at radius 3 is 2.00 bits per heavy atom. The third-order valence-electron chi connectivity index (χ3n) is 1.98. The second-order valence-electron chi connectivity index (χ2n) is 3.20. The summed E-state index contributed by atoms with van der Waals surface area (Å²) in [6, 6.07) is 6.16. The topological polar surface area (TPSA) is 52.6 Å². The van der Waals surface area contributed by atoms with Gasteiger partial charge >= 0.3 is 11.9 Å². The lowest BCUT2D eigenvalue weighted by Gasteiger charge is -2.03. The first-order chi connectivity index (χ1) is 7.69. The van der Waals surface area contributed by atoms with E-state index < -0.39 is 5.97 Å². The number of methoxy groups -OCH3 is 1. The normalized spacial score (nSPS) is 9.62. The molecule has 0 saturated carbocycles. The second-order valence-corrected chi connectivity index (χ2v) is 3.20. The summed E-state index contributed by atoms with van der Waals surface area (Å²) in [5.74, 6) is -0.799. The molecule has 0 saturated heterocycles. The molecule has 0 aromatic heterocycles. The van der Waals surface area contributed by atoms with Gasteiger partial charge in [-0.2, -0.15) is 0 Å². The van der Waals surface area contributed by atoms with Crippen molar-refractivity contribution in [3.05, 3.63) is 35.4 Å². The first kappa shape index (κ1) is 12.2. The minimum Gasteiger partial charge on any atom is -0.465 e. The monoisotopic (exact) mass is 222 g/mol. The number of carbonyl (C=O) groups excluding carboxylic acids is 2. The summed E-state index contributed by atoms with van der Waals surface area (Å²) in [5, 5.41) is 0. The molecule has 0 N–H and O–H groups in total. The van der Waals surface area contributed by atoms with Gasteiger partial charge in [0.25, 0.3) is 0 Å². The van der Waals surface area contributed by atoms with Gasteiger partial charge in [-0.3, -0.25) is 0 Å². The summed E-state index contributed by atoms with van der Waals surface area (Å²) in [4.78, 5) is 22.5. The van der Waals surface area contributed by atoms with Gasteiger partial charge in [-0.25, -0.2) is 9.59 Å². The molecule has 0 bridgehead atoms. The number of rotatable bonds is 4. The van der Waals surface area contributed by atoms with Crippen molar-refractivity contribution >= 4 is 11.9 Å². The first-order valence-electron chi connectivity index (χ1n) is 5.04. The van der Waals surface area contributed by atoms with E-state index in [1.54, 1.807) is 12.1 Å². The number of carbonyl (C=O) groups is 2. The van der Waals surface area contributed by atoms with Crippen LogP contribution < -0.4 is 0 Å². The fourth-order valence-electron chi connectivity index (χ4n) is 1.14. The van der Waals surface area contributed by atoms with Crippen LogP contribution in [0.15, 0.2) is 24.3 Å². The molecule has 0 aliphatic carbocycles. The summed E-state index contributed by atoms with van der Waals surface area (Å²) in [6.45, 7) is 2.32. The molecule has 4 heteroatoms. The van der Waals surface area contributed by atoms with Gasteiger partial charge in [-0.05, 0) is 30.7 Å². The molecule has 0 atom stereocenters. The van der Waals surface area contributed by atoms with E-state index in [-0.39, 0.29) is 5.97 Å². The summed E-state index contributed by atoms with van der Waals surface area (Å²) in [6.07, 6.45) is 0.784. The molecule has 0 aliphatic heterocycles. The highest BCUT2D eigenvalue weighted by atomic mass is 16.5. The maximum Gasteiger partial charge on any atom is 0.338 e. The highest BCUT2D eigenvalue weighted by Gasteiger charge is 2.09. The van der Waals surface area contributed by atoms with E-state index in [0.29, 0.717) is 17.7 Å². The molecule has 0 fully saturated rings. The van der Waals surface area contributed by atoms with Crippen LogP contribution in [0.3, 0.4) is 0 Å². The zero-order valence-corrected chi connectivity index (χ0v) is 9.36. The predicted molar refractivity (Wildman–Crippen MR) is 58.4 cm³/mol. The molecule has 86 valence electrons. The summed E-state index contributed by atoms with van der Waals surface area (Å²) >= 11 is 0. The van der Waals surface area contributed by atoms with E-state index in [4.69, 9.17) is 4.74 Å². The van der Waals surface area contributed by atoms with Crippen LogP contribution in [0.1, 0.15) is 34.1 Å². The van der Waals surface area contributed by atoms with Crippen molar-refractivity contribution in [3.63, 3.8) is 0 Å². The highest BCUT2D eigenvalue weighted by Crippen LogP contribution is 2.07. The Bertz CT molecular complexity index is 367. The molecule has 1 rings (SSSR count). The Morgan fingerprint density at radius 1 is 1.06 bits per heavy atom. The average molecular weight is 222 g/mol. The Balaban J connectivity index is 2.71. The molecule has 0 heterocycles. The van der Waals surface area contributed by atoms with Crippen molar-refractivity contribution in [2.75, 3.05) is 13.7 Å². The molecule has 1 aromatic rings. The van der Waals surface area contributed by atoms with E-state index in [1.807, 2.05) is 6.92 Å². The zero-order chi connectivity index (χ0) is 12.0. The third kappa shape index (κ3) is 3.08. The van der Waals surface area contributed by atoms with Gasteiger partial charge in [0.1, 0.15) is 0 Å². The van der Waals surface area contributed by atoms with Crippen molar-refractivity contribution < 1.29 is 19.1 Å². The molecule has 4 nitrogen and oxygen atoms in total. The molecule has 0 spiro atoms. The van der Waals surface area contributed by atoms with E-state index >= 15 is 0 Å². The van der Waals surface area contributed by atoms with Gasteiger partial charge in [-0.15, -0.1) is 0 Å². The Kier molecular flexibility index (Phi) is 4.51. The van der Waals surface area contributed by atoms with Crippen LogP contribution in [0.25, 0.3) is 0 Å². The quantitative estimate of drug-likeness (QED) is 0.731. The fraction of sp³-hybridized carbons (Fsp3) is 0.333. The first-order valence-corrected chi connectivity index (χ1v) is 5.04. The van der Waals surface area contributed by atoms with Crippen LogP contribution >= 0.6 is 0 Å². The second kappa shape index (κ2) is 5.90. The molecule has 16 heavy (non-hydrogen) atoms. The largest absolute Gasteiger partial charge is 0.465 e. The number of benzene rings is 1. The highest BCUT2D eigenvalue weighted by molar-refractivity contribution is 5.93. The van der Waals surface area contributed by atoms with Crippen LogP contribution in [-0.4, -0.2) is 25.7 Å². The lowest BCUT2D eigenvalue weighted by molar-refractivity contribution is 0.0503. The zero-order valence-electron chi connectivity index (χ0n) is 9.36. The van der Waals surface area contributed by atoms with E-state index in [1.165, 1.54) is 19.2 Å². The van der Waals surface area contributed by atoms with Crippen molar-refractivity contribution in [2.45, 2.75) is 13.3 Å².